The zero-order valence-corrected chi connectivity index (χ0v) is 22.4. The molecule has 2 fully saturated rings. The molecule has 3 aliphatic rings. The van der Waals surface area contributed by atoms with Gasteiger partial charge in [0.1, 0.15) is 11.6 Å². The van der Waals surface area contributed by atoms with Crippen molar-refractivity contribution in [2.75, 3.05) is 37.7 Å². The smallest absolute Gasteiger partial charge is 0.329 e. The minimum Gasteiger partial charge on any atom is -0.493 e. The summed E-state index contributed by atoms with van der Waals surface area (Å²) in [5.74, 6) is -8.77. The van der Waals surface area contributed by atoms with E-state index in [0.29, 0.717) is 40.7 Å². The van der Waals surface area contributed by atoms with Crippen LogP contribution in [0.25, 0.3) is 5.57 Å². The van der Waals surface area contributed by atoms with Crippen LogP contribution in [0.3, 0.4) is 0 Å². The number of nitrogens with zero attached hydrogens (tertiary/aromatic N) is 4. The fraction of sp³-hybridized carbons (Fsp3) is 0.552. The van der Waals surface area contributed by atoms with Crippen molar-refractivity contribution in [3.63, 3.8) is 0 Å². The Hall–Kier alpha value is -3.24. The molecule has 1 aromatic heterocycles. The van der Waals surface area contributed by atoms with E-state index in [4.69, 9.17) is 4.74 Å². The average molecular weight is 565 g/mol. The minimum absolute atomic E-state index is 0.186. The first-order chi connectivity index (χ1) is 19.1. The van der Waals surface area contributed by atoms with Crippen molar-refractivity contribution >= 4 is 17.4 Å². The number of carbonyl (C=O) groups excluding carboxylic acids is 1. The number of hydrogen-bond acceptors (Lipinski definition) is 5. The molecule has 1 amide bonds. The first-order valence-electron chi connectivity index (χ1n) is 13.8. The number of alkyl halides is 4. The molecular formula is C29H33F5N4O2. The molecule has 1 aliphatic carbocycles. The standard InChI is InChI=1S/C29H33F5N4O2/c1-2-19-14-35-27(36-15-19)37-11-9-20(10-12-37)16-40-23-7-8-24(25(30)13-23)21-3-5-22(6-4-21)26(39)38-17-28(31,32)29(33,34)18-38/h3,7-8,13-15,20,22H,2,4-6,9-12,16-18H2,1H3. The third-order valence-corrected chi connectivity index (χ3v) is 8.16. The maximum absolute atomic E-state index is 15.0. The quantitative estimate of drug-likeness (QED) is 0.400. The number of amides is 1. The molecule has 40 heavy (non-hydrogen) atoms. The lowest BCUT2D eigenvalue weighted by Gasteiger charge is -2.31. The highest BCUT2D eigenvalue weighted by Crippen LogP contribution is 2.42. The Bertz CT molecular complexity index is 1230. The van der Waals surface area contributed by atoms with Crippen LogP contribution in [0, 0.1) is 17.7 Å². The van der Waals surface area contributed by atoms with Crippen LogP contribution in [0.4, 0.5) is 27.9 Å². The Morgan fingerprint density at radius 2 is 1.73 bits per heavy atom. The fourth-order valence-corrected chi connectivity index (χ4v) is 5.54. The molecular weight excluding hydrogens is 531 g/mol. The number of aryl methyl sites for hydroxylation is 1. The fourth-order valence-electron chi connectivity index (χ4n) is 5.54. The van der Waals surface area contributed by atoms with Crippen LogP contribution in [0.1, 0.15) is 50.2 Å². The molecule has 1 unspecified atom stereocenters. The van der Waals surface area contributed by atoms with Crippen molar-refractivity contribution in [2.24, 2.45) is 11.8 Å². The summed E-state index contributed by atoms with van der Waals surface area (Å²) in [6.45, 7) is 1.64. The van der Waals surface area contributed by atoms with Gasteiger partial charge in [-0.3, -0.25) is 4.79 Å². The van der Waals surface area contributed by atoms with Gasteiger partial charge in [-0.2, -0.15) is 17.6 Å². The summed E-state index contributed by atoms with van der Waals surface area (Å²) in [6, 6.07) is 4.70. The highest BCUT2D eigenvalue weighted by molar-refractivity contribution is 5.81. The first-order valence-corrected chi connectivity index (χ1v) is 13.8. The lowest BCUT2D eigenvalue weighted by Crippen LogP contribution is -2.38. The Morgan fingerprint density at radius 3 is 2.30 bits per heavy atom. The molecule has 1 aromatic carbocycles. The van der Waals surface area contributed by atoms with Gasteiger partial charge in [-0.05, 0) is 67.7 Å². The summed E-state index contributed by atoms with van der Waals surface area (Å²) in [6.07, 6.45) is 8.96. The van der Waals surface area contributed by atoms with E-state index in [1.165, 1.54) is 6.07 Å². The molecule has 0 radical (unpaired) electrons. The number of halogens is 5. The molecule has 0 N–H and O–H groups in total. The van der Waals surface area contributed by atoms with Gasteiger partial charge in [0.15, 0.2) is 0 Å². The molecule has 1 atom stereocenters. The number of allylic oxidation sites excluding steroid dienone is 2. The second kappa shape index (κ2) is 11.3. The summed E-state index contributed by atoms with van der Waals surface area (Å²) < 4.78 is 74.9. The largest absolute Gasteiger partial charge is 0.493 e. The van der Waals surface area contributed by atoms with Crippen LogP contribution in [-0.2, 0) is 11.2 Å². The normalized spacial score (nSPS) is 22.8. The molecule has 3 heterocycles. The average Bonchev–Trinajstić information content (AvgIpc) is 3.18. The number of carbonyl (C=O) groups is 1. The molecule has 2 aromatic rings. The Labute approximate surface area is 230 Å². The van der Waals surface area contributed by atoms with Crippen molar-refractivity contribution < 1.29 is 31.5 Å². The Morgan fingerprint density at radius 1 is 1.05 bits per heavy atom. The van der Waals surface area contributed by atoms with Gasteiger partial charge in [-0.1, -0.05) is 13.0 Å². The number of benzene rings is 1. The minimum atomic E-state index is -4.22. The number of ether oxygens (including phenoxy) is 1. The summed E-state index contributed by atoms with van der Waals surface area (Å²) in [7, 11) is 0. The van der Waals surface area contributed by atoms with E-state index in [1.54, 1.807) is 18.2 Å². The van der Waals surface area contributed by atoms with Gasteiger partial charge in [0.2, 0.25) is 11.9 Å². The Balaban J connectivity index is 1.11. The van der Waals surface area contributed by atoms with E-state index < -0.39 is 42.6 Å². The zero-order valence-electron chi connectivity index (χ0n) is 22.4. The predicted octanol–water partition coefficient (Wildman–Crippen LogP) is 5.77. The van der Waals surface area contributed by atoms with Crippen molar-refractivity contribution in [1.29, 1.82) is 0 Å². The van der Waals surface area contributed by atoms with Crippen LogP contribution in [-0.4, -0.2) is 65.4 Å². The van der Waals surface area contributed by atoms with E-state index in [0.717, 1.165) is 43.9 Å². The SMILES string of the molecule is CCc1cnc(N2CCC(COc3ccc(C4=CCC(C(=O)N5CC(F)(F)C(F)(F)C5)CC4)c(F)c3)CC2)nc1. The monoisotopic (exact) mass is 564 g/mol. The van der Waals surface area contributed by atoms with E-state index in [9.17, 15) is 26.7 Å². The molecule has 0 spiro atoms. The highest BCUT2D eigenvalue weighted by atomic mass is 19.3. The third kappa shape index (κ3) is 5.93. The van der Waals surface area contributed by atoms with Gasteiger partial charge in [-0.25, -0.2) is 14.4 Å². The maximum atomic E-state index is 15.0. The van der Waals surface area contributed by atoms with Crippen molar-refractivity contribution in [1.82, 2.24) is 14.9 Å². The van der Waals surface area contributed by atoms with E-state index >= 15 is 0 Å². The van der Waals surface area contributed by atoms with E-state index in [2.05, 4.69) is 21.8 Å². The summed E-state index contributed by atoms with van der Waals surface area (Å²) >= 11 is 0. The number of likely N-dealkylation sites (tertiary alicyclic amines) is 1. The van der Waals surface area contributed by atoms with Crippen molar-refractivity contribution in [3.8, 4) is 5.75 Å². The molecule has 2 saturated heterocycles. The lowest BCUT2D eigenvalue weighted by atomic mass is 9.85. The number of anilines is 1. The Kier molecular flexibility index (Phi) is 8.01. The van der Waals surface area contributed by atoms with Crippen LogP contribution in [0.15, 0.2) is 36.7 Å². The van der Waals surface area contributed by atoms with Gasteiger partial charge in [0.05, 0.1) is 19.7 Å². The lowest BCUT2D eigenvalue weighted by molar-refractivity contribution is -0.172. The summed E-state index contributed by atoms with van der Waals surface area (Å²) in [5, 5.41) is 0. The summed E-state index contributed by atoms with van der Waals surface area (Å²) in [4.78, 5) is 24.2. The summed E-state index contributed by atoms with van der Waals surface area (Å²) in [5.41, 5.74) is 2.19. The topological polar surface area (TPSA) is 58.6 Å². The van der Waals surface area contributed by atoms with Gasteiger partial charge >= 0.3 is 11.8 Å². The van der Waals surface area contributed by atoms with Gasteiger partial charge < -0.3 is 14.5 Å². The number of rotatable bonds is 7. The second-order valence-electron chi connectivity index (χ2n) is 10.9. The van der Waals surface area contributed by atoms with Crippen LogP contribution >= 0.6 is 0 Å². The van der Waals surface area contributed by atoms with E-state index in [-0.39, 0.29) is 12.8 Å². The molecule has 216 valence electrons. The molecule has 0 saturated carbocycles. The second-order valence-corrected chi connectivity index (χ2v) is 10.9. The third-order valence-electron chi connectivity index (χ3n) is 8.16. The van der Waals surface area contributed by atoms with Crippen molar-refractivity contribution in [3.05, 3.63) is 53.6 Å². The zero-order chi connectivity index (χ0) is 28.5. The van der Waals surface area contributed by atoms with Crippen molar-refractivity contribution in [2.45, 2.75) is 57.3 Å². The molecule has 0 bridgehead atoms. The number of aromatic nitrogens is 2. The van der Waals surface area contributed by atoms with Crippen LogP contribution in [0.5, 0.6) is 5.75 Å². The van der Waals surface area contributed by atoms with E-state index in [1.807, 2.05) is 12.4 Å². The number of piperidine rings is 1. The van der Waals surface area contributed by atoms with Gasteiger partial charge in [0.25, 0.3) is 0 Å². The van der Waals surface area contributed by atoms with Crippen LogP contribution < -0.4 is 9.64 Å². The molecule has 5 rings (SSSR count). The molecule has 6 nitrogen and oxygen atoms in total. The highest BCUT2D eigenvalue weighted by Gasteiger charge is 2.64. The van der Waals surface area contributed by atoms with Gasteiger partial charge in [0, 0.05) is 43.0 Å². The van der Waals surface area contributed by atoms with Crippen LogP contribution in [0.2, 0.25) is 0 Å². The predicted molar refractivity (Wildman–Crippen MR) is 140 cm³/mol. The maximum Gasteiger partial charge on any atom is 0.329 e. The number of hydrogen-bond donors (Lipinski definition) is 0. The first kappa shape index (κ1) is 28.3. The molecule has 2 aliphatic heterocycles. The molecule has 11 heteroatoms. The van der Waals surface area contributed by atoms with Gasteiger partial charge in [-0.15, -0.1) is 0 Å².